The summed E-state index contributed by atoms with van der Waals surface area (Å²) in [7, 11) is 3.50. The Hall–Kier alpha value is -2.02. The van der Waals surface area contributed by atoms with Gasteiger partial charge in [0.05, 0.1) is 23.8 Å². The van der Waals surface area contributed by atoms with Gasteiger partial charge in [-0.2, -0.15) is 0 Å². The summed E-state index contributed by atoms with van der Waals surface area (Å²) in [6, 6.07) is 0. The van der Waals surface area contributed by atoms with Crippen LogP contribution in [0.3, 0.4) is 0 Å². The third-order valence-electron chi connectivity index (χ3n) is 5.67. The van der Waals surface area contributed by atoms with Crippen LogP contribution in [0.4, 0.5) is 0 Å². The number of carbonyl (C=O) groups excluding carboxylic acids is 2. The molecule has 148 valence electrons. The maximum absolute atomic E-state index is 12.5. The van der Waals surface area contributed by atoms with Crippen molar-refractivity contribution < 1.29 is 14.3 Å². The lowest BCUT2D eigenvalue weighted by Crippen LogP contribution is -2.35. The van der Waals surface area contributed by atoms with Gasteiger partial charge in [0.25, 0.3) is 5.91 Å². The molecule has 1 saturated heterocycles. The molecule has 7 nitrogen and oxygen atoms in total. The van der Waals surface area contributed by atoms with Crippen LogP contribution < -0.4 is 5.32 Å². The second-order valence-corrected chi connectivity index (χ2v) is 7.94. The summed E-state index contributed by atoms with van der Waals surface area (Å²) in [6.07, 6.45) is 6.52. The van der Waals surface area contributed by atoms with Crippen molar-refractivity contribution in [3.63, 3.8) is 0 Å². The monoisotopic (exact) mass is 374 g/mol. The first-order valence-electron chi connectivity index (χ1n) is 9.86. The fraction of sp³-hybridized carbons (Fsp3) is 0.700. The Bertz CT molecular complexity index is 678. The Labute approximate surface area is 160 Å². The summed E-state index contributed by atoms with van der Waals surface area (Å²) in [5.74, 6) is 1.57. The van der Waals surface area contributed by atoms with Gasteiger partial charge in [-0.1, -0.05) is 0 Å². The van der Waals surface area contributed by atoms with Crippen LogP contribution >= 0.6 is 0 Å². The molecule has 1 aliphatic carbocycles. The lowest BCUT2D eigenvalue weighted by atomic mass is 9.79. The molecule has 7 heteroatoms. The minimum Gasteiger partial charge on any atom is -0.381 e. The van der Waals surface area contributed by atoms with Crippen molar-refractivity contribution in [2.75, 3.05) is 33.9 Å². The maximum atomic E-state index is 12.5. The number of nitrogens with one attached hydrogen (secondary N) is 1. The molecule has 0 aromatic carbocycles. The first kappa shape index (κ1) is 19.7. The normalized spacial score (nSPS) is 25.2. The van der Waals surface area contributed by atoms with Crippen LogP contribution in [0.2, 0.25) is 0 Å². The van der Waals surface area contributed by atoms with Gasteiger partial charge in [-0.05, 0) is 44.9 Å². The Morgan fingerprint density at radius 2 is 1.96 bits per heavy atom. The molecule has 1 aromatic rings. The predicted octanol–water partition coefficient (Wildman–Crippen LogP) is 1.91. The van der Waals surface area contributed by atoms with E-state index in [-0.39, 0.29) is 23.7 Å². The van der Waals surface area contributed by atoms with E-state index < -0.39 is 0 Å². The molecule has 27 heavy (non-hydrogen) atoms. The van der Waals surface area contributed by atoms with Crippen LogP contribution in [0, 0.1) is 18.8 Å². The quantitative estimate of drug-likeness (QED) is 0.851. The zero-order valence-electron chi connectivity index (χ0n) is 16.5. The molecule has 2 amide bonds. The smallest absolute Gasteiger partial charge is 0.256 e. The fourth-order valence-electron chi connectivity index (χ4n) is 3.97. The lowest BCUT2D eigenvalue weighted by Gasteiger charge is -2.29. The lowest BCUT2D eigenvalue weighted by molar-refractivity contribution is -0.125. The van der Waals surface area contributed by atoms with E-state index in [1.807, 2.05) is 6.92 Å². The average molecular weight is 374 g/mol. The predicted molar refractivity (Wildman–Crippen MR) is 101 cm³/mol. The van der Waals surface area contributed by atoms with E-state index in [9.17, 15) is 9.59 Å². The van der Waals surface area contributed by atoms with Crippen LogP contribution in [0.15, 0.2) is 6.20 Å². The molecule has 3 rings (SSSR count). The van der Waals surface area contributed by atoms with Crippen molar-refractivity contribution >= 4 is 11.8 Å². The SMILES string of the molecule is Cc1ncc(C(=O)N(C)C)c(C2CCC(CNC(=O)C3CCOC3)CC2)n1. The number of aryl methyl sites for hydroxylation is 1. The van der Waals surface area contributed by atoms with Gasteiger partial charge in [0.1, 0.15) is 5.82 Å². The standard InChI is InChI=1S/C20H30N4O3/c1-13-21-11-17(20(26)24(2)3)18(23-13)15-6-4-14(5-7-15)10-22-19(25)16-8-9-27-12-16/h11,14-16H,4-10,12H2,1-3H3,(H,22,25). The highest BCUT2D eigenvalue weighted by Gasteiger charge is 2.29. The molecular formula is C20H30N4O3. The zero-order chi connectivity index (χ0) is 19.4. The van der Waals surface area contributed by atoms with Crippen molar-refractivity contribution in [1.82, 2.24) is 20.2 Å². The Kier molecular flexibility index (Phi) is 6.42. The van der Waals surface area contributed by atoms with Gasteiger partial charge in [-0.15, -0.1) is 0 Å². The Morgan fingerprint density at radius 1 is 1.22 bits per heavy atom. The van der Waals surface area contributed by atoms with E-state index in [0.29, 0.717) is 30.5 Å². The molecule has 1 atom stereocenters. The largest absolute Gasteiger partial charge is 0.381 e. The topological polar surface area (TPSA) is 84.4 Å². The van der Waals surface area contributed by atoms with Crippen molar-refractivity contribution in [2.24, 2.45) is 11.8 Å². The van der Waals surface area contributed by atoms with Crippen LogP contribution in [-0.4, -0.2) is 60.5 Å². The third-order valence-corrected chi connectivity index (χ3v) is 5.67. The average Bonchev–Trinajstić information content (AvgIpc) is 3.21. The van der Waals surface area contributed by atoms with Crippen molar-refractivity contribution in [1.29, 1.82) is 0 Å². The molecule has 2 aliphatic rings. The highest BCUT2D eigenvalue weighted by Crippen LogP contribution is 2.36. The van der Waals surface area contributed by atoms with E-state index in [4.69, 9.17) is 4.74 Å². The second kappa shape index (κ2) is 8.78. The van der Waals surface area contributed by atoms with Crippen LogP contribution in [-0.2, 0) is 9.53 Å². The highest BCUT2D eigenvalue weighted by atomic mass is 16.5. The molecule has 2 heterocycles. The number of carbonyl (C=O) groups is 2. The summed E-state index contributed by atoms with van der Waals surface area (Å²) in [6.45, 7) is 3.83. The summed E-state index contributed by atoms with van der Waals surface area (Å²) in [4.78, 5) is 35.0. The van der Waals surface area contributed by atoms with Gasteiger partial charge in [0.2, 0.25) is 5.91 Å². The van der Waals surface area contributed by atoms with Gasteiger partial charge >= 0.3 is 0 Å². The van der Waals surface area contributed by atoms with E-state index in [1.54, 1.807) is 25.2 Å². The fourth-order valence-corrected chi connectivity index (χ4v) is 3.97. The molecule has 1 saturated carbocycles. The zero-order valence-corrected chi connectivity index (χ0v) is 16.5. The van der Waals surface area contributed by atoms with Gasteiger partial charge in [-0.25, -0.2) is 9.97 Å². The second-order valence-electron chi connectivity index (χ2n) is 7.94. The van der Waals surface area contributed by atoms with E-state index in [0.717, 1.165) is 44.3 Å². The molecule has 1 unspecified atom stereocenters. The summed E-state index contributed by atoms with van der Waals surface area (Å²) in [5, 5.41) is 3.10. The molecule has 2 fully saturated rings. The molecule has 1 aliphatic heterocycles. The van der Waals surface area contributed by atoms with E-state index >= 15 is 0 Å². The van der Waals surface area contributed by atoms with Gasteiger partial charge in [0, 0.05) is 39.4 Å². The Morgan fingerprint density at radius 3 is 2.59 bits per heavy atom. The number of ether oxygens (including phenoxy) is 1. The van der Waals surface area contributed by atoms with Crippen molar-refractivity contribution in [3.8, 4) is 0 Å². The molecule has 0 radical (unpaired) electrons. The van der Waals surface area contributed by atoms with Crippen molar-refractivity contribution in [2.45, 2.75) is 44.9 Å². The van der Waals surface area contributed by atoms with Crippen LogP contribution in [0.1, 0.15) is 59.9 Å². The number of hydrogen-bond donors (Lipinski definition) is 1. The summed E-state index contributed by atoms with van der Waals surface area (Å²) < 4.78 is 5.29. The molecular weight excluding hydrogens is 344 g/mol. The number of rotatable bonds is 5. The van der Waals surface area contributed by atoms with Gasteiger partial charge in [0.15, 0.2) is 0 Å². The van der Waals surface area contributed by atoms with Crippen LogP contribution in [0.5, 0.6) is 0 Å². The number of hydrogen-bond acceptors (Lipinski definition) is 5. The number of amides is 2. The van der Waals surface area contributed by atoms with Gasteiger partial charge < -0.3 is 15.0 Å². The van der Waals surface area contributed by atoms with Gasteiger partial charge in [-0.3, -0.25) is 9.59 Å². The molecule has 1 aromatic heterocycles. The number of aromatic nitrogens is 2. The third kappa shape index (κ3) is 4.83. The minimum absolute atomic E-state index is 0.0185. The molecule has 0 bridgehead atoms. The minimum atomic E-state index is -0.0434. The molecule has 0 spiro atoms. The van der Waals surface area contributed by atoms with E-state index in [1.165, 1.54) is 0 Å². The molecule has 1 N–H and O–H groups in total. The summed E-state index contributed by atoms with van der Waals surface area (Å²) in [5.41, 5.74) is 1.50. The van der Waals surface area contributed by atoms with E-state index in [2.05, 4.69) is 15.3 Å². The summed E-state index contributed by atoms with van der Waals surface area (Å²) >= 11 is 0. The van der Waals surface area contributed by atoms with Crippen molar-refractivity contribution in [3.05, 3.63) is 23.3 Å². The first-order chi connectivity index (χ1) is 13.0. The van der Waals surface area contributed by atoms with Crippen LogP contribution in [0.25, 0.3) is 0 Å². The highest BCUT2D eigenvalue weighted by molar-refractivity contribution is 5.94. The first-order valence-corrected chi connectivity index (χ1v) is 9.86. The maximum Gasteiger partial charge on any atom is 0.256 e. The Balaban J connectivity index is 1.56. The number of nitrogens with zero attached hydrogens (tertiary/aromatic N) is 3.